The summed E-state index contributed by atoms with van der Waals surface area (Å²) in [7, 11) is 6.59. The normalized spacial score (nSPS) is 16.7. The van der Waals surface area contributed by atoms with Crippen molar-refractivity contribution in [1.82, 2.24) is 5.32 Å². The average molecular weight is 811 g/mol. The topological polar surface area (TPSA) is 143 Å². The molecule has 5 aromatic rings. The second-order valence-electron chi connectivity index (χ2n) is 15.4. The van der Waals surface area contributed by atoms with Crippen molar-refractivity contribution in [3.8, 4) is 23.0 Å². The number of carbonyl (C=O) groups is 3. The minimum atomic E-state index is -0.435. The molecule has 4 N–H and O–H groups in total. The molecule has 3 heterocycles. The molecule has 8 rings (SSSR count). The minimum Gasteiger partial charge on any atom is -0.493 e. The molecule has 0 aromatic heterocycles. The Morgan fingerprint density at radius 3 is 2.10 bits per heavy atom. The van der Waals surface area contributed by atoms with Crippen LogP contribution in [-0.4, -0.2) is 70.7 Å². The lowest BCUT2D eigenvalue weighted by Crippen LogP contribution is -2.39. The number of nitrogens with zero attached hydrogens (tertiary/aromatic N) is 2. The van der Waals surface area contributed by atoms with Crippen LogP contribution < -0.4 is 50.0 Å². The van der Waals surface area contributed by atoms with Crippen LogP contribution in [0.4, 0.5) is 28.4 Å². The summed E-state index contributed by atoms with van der Waals surface area (Å²) in [4.78, 5) is 44.8. The Kier molecular flexibility index (Phi) is 11.3. The lowest BCUT2D eigenvalue weighted by molar-refractivity contribution is -0.117. The van der Waals surface area contributed by atoms with E-state index in [4.69, 9.17) is 18.9 Å². The van der Waals surface area contributed by atoms with Gasteiger partial charge in [-0.1, -0.05) is 36.4 Å². The molecule has 3 aliphatic heterocycles. The molecule has 0 saturated carbocycles. The molecule has 0 bridgehead atoms. The third kappa shape index (κ3) is 7.63. The number of anilines is 5. The molecule has 0 radical (unpaired) electrons. The zero-order valence-corrected chi connectivity index (χ0v) is 34.7. The molecule has 5 aromatic carbocycles. The molecule has 0 fully saturated rings. The molecular formula is C47H50N6O7. The molecule has 3 aliphatic rings. The predicted molar refractivity (Wildman–Crippen MR) is 233 cm³/mol. The Balaban J connectivity index is 1.04. The fourth-order valence-corrected chi connectivity index (χ4v) is 8.34. The Labute approximate surface area is 350 Å². The number of hydrogen-bond donors (Lipinski definition) is 4. The van der Waals surface area contributed by atoms with E-state index in [0.29, 0.717) is 57.7 Å². The third-order valence-electron chi connectivity index (χ3n) is 11.5. The van der Waals surface area contributed by atoms with E-state index in [0.717, 1.165) is 46.5 Å². The molecule has 13 heteroatoms. The number of hydrogen-bond acceptors (Lipinski definition) is 10. The van der Waals surface area contributed by atoms with Crippen molar-refractivity contribution in [3.05, 3.63) is 124 Å². The average Bonchev–Trinajstić information content (AvgIpc) is 3.78. The highest BCUT2D eigenvalue weighted by Gasteiger charge is 2.38. The highest BCUT2D eigenvalue weighted by Crippen LogP contribution is 2.42. The monoisotopic (exact) mass is 810 g/mol. The van der Waals surface area contributed by atoms with Crippen LogP contribution in [0.15, 0.2) is 91.0 Å². The molecule has 60 heavy (non-hydrogen) atoms. The maximum absolute atomic E-state index is 14.1. The van der Waals surface area contributed by atoms with Gasteiger partial charge in [0.1, 0.15) is 13.2 Å². The highest BCUT2D eigenvalue weighted by molar-refractivity contribution is 6.13. The van der Waals surface area contributed by atoms with Crippen LogP contribution in [-0.2, 0) is 30.8 Å². The van der Waals surface area contributed by atoms with Crippen LogP contribution in [0.25, 0.3) is 0 Å². The van der Waals surface area contributed by atoms with Gasteiger partial charge in [-0.25, -0.2) is 0 Å². The van der Waals surface area contributed by atoms with Gasteiger partial charge in [0, 0.05) is 48.8 Å². The second-order valence-corrected chi connectivity index (χ2v) is 15.4. The lowest BCUT2D eigenvalue weighted by Gasteiger charge is -2.25. The first-order valence-corrected chi connectivity index (χ1v) is 20.2. The van der Waals surface area contributed by atoms with Gasteiger partial charge in [0.2, 0.25) is 5.91 Å². The van der Waals surface area contributed by atoms with Crippen LogP contribution in [0.2, 0.25) is 0 Å². The van der Waals surface area contributed by atoms with Crippen molar-refractivity contribution in [2.45, 2.75) is 58.0 Å². The van der Waals surface area contributed by atoms with Crippen LogP contribution >= 0.6 is 0 Å². The van der Waals surface area contributed by atoms with Gasteiger partial charge >= 0.3 is 0 Å². The number of ether oxygens (including phenoxy) is 4. The summed E-state index contributed by atoms with van der Waals surface area (Å²) in [6, 6.07) is 28.2. The second kappa shape index (κ2) is 16.9. The summed E-state index contributed by atoms with van der Waals surface area (Å²) >= 11 is 0. The number of nitrogens with one attached hydrogen (secondary N) is 4. The maximum atomic E-state index is 14.1. The van der Waals surface area contributed by atoms with E-state index in [1.807, 2.05) is 77.4 Å². The lowest BCUT2D eigenvalue weighted by atomic mass is 10.1. The SMILES string of the molecule is CNc1cc(OCc2cc(COc3cc4c(cc3OC)C(=O)N3c5ccccc5CC3CN4)cc(NC(=O)C(C)NC)c2)c(OC)cc1C(=O)N1c2ccccc2C[C@H]1C. The first-order valence-electron chi connectivity index (χ1n) is 20.2. The van der Waals surface area contributed by atoms with E-state index in [1.54, 1.807) is 53.4 Å². The Morgan fingerprint density at radius 2 is 1.43 bits per heavy atom. The number of para-hydroxylation sites is 2. The largest absolute Gasteiger partial charge is 0.493 e. The molecule has 13 nitrogen and oxygen atoms in total. The van der Waals surface area contributed by atoms with Gasteiger partial charge in [-0.15, -0.1) is 0 Å². The predicted octanol–water partition coefficient (Wildman–Crippen LogP) is 7.04. The van der Waals surface area contributed by atoms with Crippen LogP contribution in [0.3, 0.4) is 0 Å². The molecule has 2 unspecified atom stereocenters. The first-order chi connectivity index (χ1) is 29.1. The van der Waals surface area contributed by atoms with Crippen molar-refractivity contribution in [2.75, 3.05) is 60.6 Å². The van der Waals surface area contributed by atoms with E-state index >= 15 is 0 Å². The number of amides is 3. The number of carbonyl (C=O) groups excluding carboxylic acids is 3. The van der Waals surface area contributed by atoms with Crippen molar-refractivity contribution in [2.24, 2.45) is 0 Å². The fourth-order valence-electron chi connectivity index (χ4n) is 8.34. The van der Waals surface area contributed by atoms with Crippen molar-refractivity contribution < 1.29 is 33.3 Å². The van der Waals surface area contributed by atoms with Crippen LogP contribution in [0.5, 0.6) is 23.0 Å². The molecule has 0 aliphatic carbocycles. The van der Waals surface area contributed by atoms with E-state index in [9.17, 15) is 14.4 Å². The third-order valence-corrected chi connectivity index (χ3v) is 11.5. The molecular weight excluding hydrogens is 761 g/mol. The minimum absolute atomic E-state index is 0.000938. The number of fused-ring (bicyclic) bond motifs is 5. The van der Waals surface area contributed by atoms with Crippen molar-refractivity contribution in [3.63, 3.8) is 0 Å². The van der Waals surface area contributed by atoms with Gasteiger partial charge < -0.3 is 50.0 Å². The fraction of sp³-hybridized carbons (Fsp3) is 0.298. The standard InChI is InChI=1S/C47H50N6O7/c1-27-15-31-11-7-9-13-39(31)52(27)46(55)35-20-41(57-5)43(22-37(35)49-4)59-25-29-16-30(18-33(17-29)51-45(54)28(2)48-3)26-60-44-23-38-36(21-42(44)58-6)47(56)53-34(24-50-38)19-32-12-8-10-14-40(32)53/h7-14,16-18,20-23,27-28,34,48-50H,15,19,24-26H2,1-6H3,(H,51,54)/t27-,28?,34?/m1/s1. The summed E-state index contributed by atoms with van der Waals surface area (Å²) in [5.41, 5.74) is 8.44. The highest BCUT2D eigenvalue weighted by atomic mass is 16.5. The number of likely N-dealkylation sites (N-methyl/N-ethyl adjacent to an activating group) is 1. The van der Waals surface area contributed by atoms with Gasteiger partial charge in [-0.2, -0.15) is 0 Å². The Morgan fingerprint density at radius 1 is 0.800 bits per heavy atom. The van der Waals surface area contributed by atoms with E-state index in [-0.39, 0.29) is 43.0 Å². The number of rotatable bonds is 13. The summed E-state index contributed by atoms with van der Waals surface area (Å²) < 4.78 is 24.3. The maximum Gasteiger partial charge on any atom is 0.260 e. The quantitative estimate of drug-likeness (QED) is 0.0979. The first kappa shape index (κ1) is 40.1. The van der Waals surface area contributed by atoms with Gasteiger partial charge in [0.05, 0.1) is 48.8 Å². The van der Waals surface area contributed by atoms with Gasteiger partial charge in [-0.3, -0.25) is 14.4 Å². The van der Waals surface area contributed by atoms with E-state index < -0.39 is 6.04 Å². The van der Waals surface area contributed by atoms with E-state index in [1.165, 1.54) is 0 Å². The smallest absolute Gasteiger partial charge is 0.260 e. The summed E-state index contributed by atoms with van der Waals surface area (Å²) in [5, 5.41) is 12.6. The Hall–Kier alpha value is -6.73. The molecule has 0 spiro atoms. The van der Waals surface area contributed by atoms with Gasteiger partial charge in [0.15, 0.2) is 23.0 Å². The molecule has 0 saturated heterocycles. The number of benzene rings is 5. The molecule has 310 valence electrons. The summed E-state index contributed by atoms with van der Waals surface area (Å²) in [5.74, 6) is 1.29. The zero-order valence-electron chi connectivity index (χ0n) is 34.7. The zero-order chi connectivity index (χ0) is 42.1. The summed E-state index contributed by atoms with van der Waals surface area (Å²) in [6.07, 6.45) is 1.56. The van der Waals surface area contributed by atoms with Gasteiger partial charge in [-0.05, 0) is 98.5 Å². The molecule has 3 atom stereocenters. The number of methoxy groups -OCH3 is 2. The summed E-state index contributed by atoms with van der Waals surface area (Å²) in [6.45, 7) is 4.64. The van der Waals surface area contributed by atoms with Crippen LogP contribution in [0.1, 0.15) is 56.8 Å². The molecule has 3 amide bonds. The van der Waals surface area contributed by atoms with E-state index in [2.05, 4.69) is 33.4 Å². The Bertz CT molecular complexity index is 2470. The van der Waals surface area contributed by atoms with Crippen molar-refractivity contribution >= 4 is 46.2 Å². The van der Waals surface area contributed by atoms with Crippen molar-refractivity contribution in [1.29, 1.82) is 0 Å². The van der Waals surface area contributed by atoms with Crippen LogP contribution in [0, 0.1) is 0 Å². The van der Waals surface area contributed by atoms with Gasteiger partial charge in [0.25, 0.3) is 11.8 Å².